The van der Waals surface area contributed by atoms with Crippen molar-refractivity contribution < 1.29 is 0 Å². The number of unbranched alkanes of at least 4 members (excludes halogenated alkanes) is 4. The van der Waals surface area contributed by atoms with E-state index in [1.54, 1.807) is 6.07 Å². The van der Waals surface area contributed by atoms with E-state index >= 15 is 0 Å². The predicted molar refractivity (Wildman–Crippen MR) is 86.6 cm³/mol. The van der Waals surface area contributed by atoms with Gasteiger partial charge in [-0.05, 0) is 31.2 Å². The molecule has 19 heavy (non-hydrogen) atoms. The molecule has 0 aliphatic heterocycles. The third-order valence-corrected chi connectivity index (χ3v) is 3.57. The molecule has 0 aliphatic rings. The van der Waals surface area contributed by atoms with Gasteiger partial charge in [-0.25, -0.2) is 0 Å². The van der Waals surface area contributed by atoms with E-state index in [9.17, 15) is 0 Å². The summed E-state index contributed by atoms with van der Waals surface area (Å²) in [7, 11) is 0. The minimum atomic E-state index is 0.704. The second kappa shape index (κ2) is 10.4. The summed E-state index contributed by atoms with van der Waals surface area (Å²) in [5.74, 6) is 0. The van der Waals surface area contributed by atoms with Gasteiger partial charge in [0.25, 0.3) is 0 Å². The van der Waals surface area contributed by atoms with Crippen molar-refractivity contribution in [2.24, 2.45) is 0 Å². The van der Waals surface area contributed by atoms with Crippen LogP contribution in [0.2, 0.25) is 10.0 Å². The molecule has 0 unspecified atom stereocenters. The molecular formula is C15H24Cl2N2. The van der Waals surface area contributed by atoms with Gasteiger partial charge in [0.1, 0.15) is 0 Å². The maximum absolute atomic E-state index is 6.07. The molecule has 1 rings (SSSR count). The first-order valence-electron chi connectivity index (χ1n) is 7.13. The Hall–Kier alpha value is -0.440. The van der Waals surface area contributed by atoms with E-state index in [-0.39, 0.29) is 0 Å². The molecule has 0 spiro atoms. The van der Waals surface area contributed by atoms with E-state index in [2.05, 4.69) is 17.6 Å². The first kappa shape index (κ1) is 16.6. The van der Waals surface area contributed by atoms with Crippen molar-refractivity contribution in [1.82, 2.24) is 5.32 Å². The lowest BCUT2D eigenvalue weighted by molar-refractivity contribution is 0.589. The Kier molecular flexibility index (Phi) is 9.06. The average molecular weight is 303 g/mol. The zero-order valence-electron chi connectivity index (χ0n) is 11.6. The first-order valence-corrected chi connectivity index (χ1v) is 7.89. The molecule has 1 aromatic rings. The van der Waals surface area contributed by atoms with Gasteiger partial charge >= 0.3 is 0 Å². The molecule has 2 nitrogen and oxygen atoms in total. The third kappa shape index (κ3) is 7.66. The maximum Gasteiger partial charge on any atom is 0.0638 e. The summed E-state index contributed by atoms with van der Waals surface area (Å²) in [6.45, 7) is 5.13. The smallest absolute Gasteiger partial charge is 0.0638 e. The van der Waals surface area contributed by atoms with Crippen molar-refractivity contribution in [3.63, 3.8) is 0 Å². The summed E-state index contributed by atoms with van der Waals surface area (Å²) < 4.78 is 0. The number of rotatable bonds is 10. The Bertz CT molecular complexity index is 356. The number of benzene rings is 1. The van der Waals surface area contributed by atoms with Crippen LogP contribution >= 0.6 is 23.2 Å². The van der Waals surface area contributed by atoms with Crippen molar-refractivity contribution in [1.29, 1.82) is 0 Å². The molecule has 0 bridgehead atoms. The van der Waals surface area contributed by atoms with Crippen LogP contribution in [-0.2, 0) is 0 Å². The van der Waals surface area contributed by atoms with Gasteiger partial charge in [0.2, 0.25) is 0 Å². The Morgan fingerprint density at radius 1 is 0.947 bits per heavy atom. The Balaban J connectivity index is 2.03. The monoisotopic (exact) mass is 302 g/mol. The number of halogens is 2. The van der Waals surface area contributed by atoms with Crippen LogP contribution in [0.25, 0.3) is 0 Å². The van der Waals surface area contributed by atoms with Gasteiger partial charge < -0.3 is 10.6 Å². The molecule has 4 heteroatoms. The van der Waals surface area contributed by atoms with Crippen molar-refractivity contribution in [3.05, 3.63) is 28.2 Å². The summed E-state index contributed by atoms with van der Waals surface area (Å²) in [5, 5.41) is 8.13. The van der Waals surface area contributed by atoms with Crippen LogP contribution in [0.5, 0.6) is 0 Å². The van der Waals surface area contributed by atoms with Crippen LogP contribution in [-0.4, -0.2) is 19.6 Å². The standard InChI is InChI=1S/C15H24Cl2N2/c1-2-3-4-5-6-9-18-10-11-19-15-12-13(16)7-8-14(15)17/h7-8,12,18-19H,2-6,9-11H2,1H3. The van der Waals surface area contributed by atoms with Crippen LogP contribution in [0.3, 0.4) is 0 Å². The first-order chi connectivity index (χ1) is 9.24. The van der Waals surface area contributed by atoms with E-state index in [0.717, 1.165) is 25.3 Å². The molecule has 0 atom stereocenters. The highest BCUT2D eigenvalue weighted by Gasteiger charge is 1.99. The summed E-state index contributed by atoms with van der Waals surface area (Å²) in [4.78, 5) is 0. The van der Waals surface area contributed by atoms with E-state index in [1.807, 2.05) is 12.1 Å². The lowest BCUT2D eigenvalue weighted by Gasteiger charge is -2.09. The molecular weight excluding hydrogens is 279 g/mol. The number of nitrogens with one attached hydrogen (secondary N) is 2. The van der Waals surface area contributed by atoms with Crippen molar-refractivity contribution >= 4 is 28.9 Å². The molecule has 108 valence electrons. The Morgan fingerprint density at radius 2 is 1.74 bits per heavy atom. The molecule has 0 saturated carbocycles. The maximum atomic E-state index is 6.07. The van der Waals surface area contributed by atoms with Crippen LogP contribution in [0.15, 0.2) is 18.2 Å². The van der Waals surface area contributed by atoms with Crippen molar-refractivity contribution in [3.8, 4) is 0 Å². The third-order valence-electron chi connectivity index (χ3n) is 3.00. The Morgan fingerprint density at radius 3 is 2.53 bits per heavy atom. The zero-order chi connectivity index (χ0) is 13.9. The average Bonchev–Trinajstić information content (AvgIpc) is 2.40. The quantitative estimate of drug-likeness (QED) is 0.597. The summed E-state index contributed by atoms with van der Waals surface area (Å²) in [5.41, 5.74) is 0.902. The molecule has 1 aromatic carbocycles. The lowest BCUT2D eigenvalue weighted by Crippen LogP contribution is -2.23. The molecule has 0 fully saturated rings. The van der Waals surface area contributed by atoms with Gasteiger partial charge in [0, 0.05) is 18.1 Å². The number of anilines is 1. The fourth-order valence-corrected chi connectivity index (χ4v) is 2.25. The van der Waals surface area contributed by atoms with Crippen LogP contribution in [0.4, 0.5) is 5.69 Å². The van der Waals surface area contributed by atoms with E-state index in [0.29, 0.717) is 10.0 Å². The number of hydrogen-bond donors (Lipinski definition) is 2. The highest BCUT2D eigenvalue weighted by Crippen LogP contribution is 2.24. The van der Waals surface area contributed by atoms with E-state index < -0.39 is 0 Å². The normalized spacial score (nSPS) is 10.7. The Labute approximate surface area is 126 Å². The minimum Gasteiger partial charge on any atom is -0.383 e. The van der Waals surface area contributed by atoms with Crippen molar-refractivity contribution in [2.45, 2.75) is 39.0 Å². The largest absolute Gasteiger partial charge is 0.383 e. The summed E-state index contributed by atoms with van der Waals surface area (Å²) in [6, 6.07) is 5.46. The highest BCUT2D eigenvalue weighted by atomic mass is 35.5. The number of hydrogen-bond acceptors (Lipinski definition) is 2. The van der Waals surface area contributed by atoms with Gasteiger partial charge in [0.15, 0.2) is 0 Å². The highest BCUT2D eigenvalue weighted by molar-refractivity contribution is 6.35. The van der Waals surface area contributed by atoms with E-state index in [4.69, 9.17) is 23.2 Å². The van der Waals surface area contributed by atoms with E-state index in [1.165, 1.54) is 32.1 Å². The molecule has 0 heterocycles. The molecule has 0 amide bonds. The second-order valence-electron chi connectivity index (χ2n) is 4.72. The van der Waals surface area contributed by atoms with Gasteiger partial charge in [-0.1, -0.05) is 55.8 Å². The molecule has 0 aromatic heterocycles. The topological polar surface area (TPSA) is 24.1 Å². The predicted octanol–water partition coefficient (Wildman–Crippen LogP) is 4.97. The minimum absolute atomic E-state index is 0.704. The van der Waals surface area contributed by atoms with Gasteiger partial charge in [-0.15, -0.1) is 0 Å². The molecule has 0 saturated heterocycles. The van der Waals surface area contributed by atoms with Gasteiger partial charge in [-0.2, -0.15) is 0 Å². The van der Waals surface area contributed by atoms with Crippen LogP contribution in [0, 0.1) is 0 Å². The SMILES string of the molecule is CCCCCCCNCCNc1cc(Cl)ccc1Cl. The molecule has 0 aliphatic carbocycles. The van der Waals surface area contributed by atoms with Crippen LogP contribution < -0.4 is 10.6 Å². The van der Waals surface area contributed by atoms with Crippen LogP contribution in [0.1, 0.15) is 39.0 Å². The van der Waals surface area contributed by atoms with Gasteiger partial charge in [0.05, 0.1) is 10.7 Å². The molecule has 0 radical (unpaired) electrons. The fourth-order valence-electron chi connectivity index (χ4n) is 1.90. The molecule has 2 N–H and O–H groups in total. The zero-order valence-corrected chi connectivity index (χ0v) is 13.2. The van der Waals surface area contributed by atoms with Gasteiger partial charge in [-0.3, -0.25) is 0 Å². The lowest BCUT2D eigenvalue weighted by atomic mass is 10.1. The summed E-state index contributed by atoms with van der Waals surface area (Å²) in [6.07, 6.45) is 6.60. The van der Waals surface area contributed by atoms with Crippen molar-refractivity contribution in [2.75, 3.05) is 25.0 Å². The second-order valence-corrected chi connectivity index (χ2v) is 5.56. The summed E-state index contributed by atoms with van der Waals surface area (Å²) >= 11 is 12.0. The fraction of sp³-hybridized carbons (Fsp3) is 0.600.